The van der Waals surface area contributed by atoms with E-state index in [4.69, 9.17) is 0 Å². The van der Waals surface area contributed by atoms with Crippen LogP contribution in [0.15, 0.2) is 60.7 Å². The van der Waals surface area contributed by atoms with Crippen molar-refractivity contribution in [2.24, 2.45) is 11.8 Å². The van der Waals surface area contributed by atoms with E-state index in [1.165, 1.54) is 0 Å². The topological polar surface area (TPSA) is 170 Å². The van der Waals surface area contributed by atoms with Gasteiger partial charge in [-0.05, 0) is 36.8 Å². The first-order valence-corrected chi connectivity index (χ1v) is 11.0. The summed E-state index contributed by atoms with van der Waals surface area (Å²) in [6, 6.07) is 13.5. The Kier molecular flexibility index (Phi) is 10.4. The summed E-state index contributed by atoms with van der Waals surface area (Å²) >= 11 is 0. The minimum Gasteiger partial charge on any atom is -0.481 e. The zero-order valence-corrected chi connectivity index (χ0v) is 18.9. The van der Waals surface area contributed by atoms with Gasteiger partial charge in [0, 0.05) is 5.92 Å². The van der Waals surface area contributed by atoms with Gasteiger partial charge in [-0.1, -0.05) is 60.7 Å². The molecule has 0 saturated heterocycles. The lowest BCUT2D eigenvalue weighted by atomic mass is 9.92. The molecule has 2 aromatic carbocycles. The van der Waals surface area contributed by atoms with Crippen LogP contribution in [0.3, 0.4) is 0 Å². The van der Waals surface area contributed by atoms with Gasteiger partial charge in [0.1, 0.15) is 18.4 Å². The summed E-state index contributed by atoms with van der Waals surface area (Å²) in [6.07, 6.45) is 0.334. The molecule has 2 rings (SSSR count). The maximum absolute atomic E-state index is 12.4. The summed E-state index contributed by atoms with van der Waals surface area (Å²) in [5.41, 5.74) is 1.51. The predicted octanol–water partition coefficient (Wildman–Crippen LogP) is 1.97. The van der Waals surface area contributed by atoms with Gasteiger partial charge in [0.05, 0.1) is 5.92 Å². The second-order valence-electron chi connectivity index (χ2n) is 8.18. The zero-order valence-electron chi connectivity index (χ0n) is 18.9. The fraction of sp³-hybridized carbons (Fsp3) is 0.320. The quantitative estimate of drug-likeness (QED) is 0.253. The number of benzene rings is 2. The van der Waals surface area contributed by atoms with Crippen molar-refractivity contribution in [1.82, 2.24) is 10.6 Å². The van der Waals surface area contributed by atoms with Gasteiger partial charge in [0.25, 0.3) is 0 Å². The molecule has 5 N–H and O–H groups in total. The number of carboxylic acids is 3. The minimum absolute atomic E-state index is 0.0570. The highest BCUT2D eigenvalue weighted by Crippen LogP contribution is 2.16. The SMILES string of the molecule is O=C[C@H](Cc1ccccc1)C[C@H](NC(=O)N[C@@H](C[C@@H](Cc1ccccc1)C(=O)O)C(=O)O)C(=O)O. The molecule has 10 nitrogen and oxygen atoms in total. The third-order valence-electron chi connectivity index (χ3n) is 5.47. The molecule has 35 heavy (non-hydrogen) atoms. The molecule has 186 valence electrons. The van der Waals surface area contributed by atoms with E-state index in [0.29, 0.717) is 11.8 Å². The summed E-state index contributed by atoms with van der Waals surface area (Å²) in [4.78, 5) is 59.0. The summed E-state index contributed by atoms with van der Waals surface area (Å²) in [7, 11) is 0. The van der Waals surface area contributed by atoms with Gasteiger partial charge in [-0.2, -0.15) is 0 Å². The van der Waals surface area contributed by atoms with Crippen LogP contribution >= 0.6 is 0 Å². The molecule has 2 aromatic rings. The summed E-state index contributed by atoms with van der Waals surface area (Å²) < 4.78 is 0. The van der Waals surface area contributed by atoms with E-state index in [9.17, 15) is 39.3 Å². The number of hydrogen-bond donors (Lipinski definition) is 5. The fourth-order valence-electron chi connectivity index (χ4n) is 3.66. The minimum atomic E-state index is -1.57. The highest BCUT2D eigenvalue weighted by Gasteiger charge is 2.30. The Bertz CT molecular complexity index is 1010. The highest BCUT2D eigenvalue weighted by molar-refractivity contribution is 5.86. The second-order valence-corrected chi connectivity index (χ2v) is 8.18. The monoisotopic (exact) mass is 484 g/mol. The van der Waals surface area contributed by atoms with Gasteiger partial charge in [-0.3, -0.25) is 4.79 Å². The van der Waals surface area contributed by atoms with Crippen molar-refractivity contribution in [3.8, 4) is 0 Å². The van der Waals surface area contributed by atoms with Crippen LogP contribution in [-0.4, -0.2) is 57.6 Å². The number of rotatable bonds is 14. The Morgan fingerprint density at radius 3 is 1.57 bits per heavy atom. The molecule has 0 fully saturated rings. The third kappa shape index (κ3) is 9.28. The summed E-state index contributed by atoms with van der Waals surface area (Å²) in [5, 5.41) is 32.9. The van der Waals surface area contributed by atoms with Gasteiger partial charge in [0.15, 0.2) is 0 Å². The van der Waals surface area contributed by atoms with Crippen molar-refractivity contribution in [1.29, 1.82) is 0 Å². The first-order valence-electron chi connectivity index (χ1n) is 11.0. The lowest BCUT2D eigenvalue weighted by Gasteiger charge is -2.22. The number of aldehydes is 1. The Hall–Kier alpha value is -4.21. The number of amides is 2. The van der Waals surface area contributed by atoms with Gasteiger partial charge in [-0.15, -0.1) is 0 Å². The van der Waals surface area contributed by atoms with Gasteiger partial charge in [-0.25, -0.2) is 14.4 Å². The zero-order chi connectivity index (χ0) is 25.8. The summed E-state index contributed by atoms with van der Waals surface area (Å²) in [6.45, 7) is 0. The molecule has 10 heteroatoms. The average molecular weight is 485 g/mol. The second kappa shape index (κ2) is 13.5. The summed E-state index contributed by atoms with van der Waals surface area (Å²) in [5.74, 6) is -5.86. The van der Waals surface area contributed by atoms with Gasteiger partial charge >= 0.3 is 23.9 Å². The molecular formula is C25H28N2O8. The van der Waals surface area contributed by atoms with Gasteiger partial charge < -0.3 is 30.7 Å². The van der Waals surface area contributed by atoms with E-state index in [1.807, 2.05) is 0 Å². The maximum Gasteiger partial charge on any atom is 0.326 e. The molecule has 0 bridgehead atoms. The van der Waals surface area contributed by atoms with Crippen LogP contribution in [0.25, 0.3) is 0 Å². The number of carbonyl (C=O) groups excluding carboxylic acids is 2. The Balaban J connectivity index is 2.02. The number of carboxylic acid groups (broad SMARTS) is 3. The number of hydrogen-bond acceptors (Lipinski definition) is 5. The third-order valence-corrected chi connectivity index (χ3v) is 5.47. The molecule has 0 unspecified atom stereocenters. The van der Waals surface area contributed by atoms with Crippen LogP contribution < -0.4 is 10.6 Å². The van der Waals surface area contributed by atoms with E-state index in [2.05, 4.69) is 10.6 Å². The fourth-order valence-corrected chi connectivity index (χ4v) is 3.66. The number of nitrogens with one attached hydrogen (secondary N) is 2. The molecular weight excluding hydrogens is 456 g/mol. The van der Waals surface area contributed by atoms with Crippen molar-refractivity contribution in [3.63, 3.8) is 0 Å². The van der Waals surface area contributed by atoms with Crippen molar-refractivity contribution in [2.45, 2.75) is 37.8 Å². The smallest absolute Gasteiger partial charge is 0.326 e. The molecule has 2 amide bonds. The molecule has 0 radical (unpaired) electrons. The molecule has 4 atom stereocenters. The molecule has 0 saturated carbocycles. The molecule has 0 aromatic heterocycles. The van der Waals surface area contributed by atoms with Crippen molar-refractivity contribution in [3.05, 3.63) is 71.8 Å². The van der Waals surface area contributed by atoms with Crippen molar-refractivity contribution < 1.29 is 39.3 Å². The van der Waals surface area contributed by atoms with E-state index in [0.717, 1.165) is 5.56 Å². The van der Waals surface area contributed by atoms with Gasteiger partial charge in [0.2, 0.25) is 0 Å². The van der Waals surface area contributed by atoms with Crippen LogP contribution in [0.2, 0.25) is 0 Å². The standard InChI is InChI=1S/C25H28N2O8/c28-15-18(11-16-7-3-1-4-8-16)13-20(23(31)32)26-25(35)27-21(24(33)34)14-19(22(29)30)12-17-9-5-2-6-10-17/h1-10,15,18-21H,11-14H2,(H,29,30)(H,31,32)(H,33,34)(H2,26,27,35)/t18-,19-,20+,21+/m1/s1. The Morgan fingerprint density at radius 2 is 1.14 bits per heavy atom. The number of aliphatic carboxylic acids is 3. The molecule has 0 aliphatic rings. The van der Waals surface area contributed by atoms with Crippen molar-refractivity contribution >= 4 is 30.2 Å². The Labute approximate surface area is 202 Å². The van der Waals surface area contributed by atoms with Crippen LogP contribution in [0.4, 0.5) is 4.79 Å². The predicted molar refractivity (Wildman–Crippen MR) is 125 cm³/mol. The van der Waals surface area contributed by atoms with Crippen LogP contribution in [0, 0.1) is 11.8 Å². The normalized spacial score (nSPS) is 14.1. The van der Waals surface area contributed by atoms with Crippen LogP contribution in [-0.2, 0) is 32.0 Å². The number of urea groups is 1. The molecule has 0 spiro atoms. The molecule has 0 aliphatic carbocycles. The van der Waals surface area contributed by atoms with E-state index >= 15 is 0 Å². The van der Waals surface area contributed by atoms with E-state index < -0.39 is 54.3 Å². The maximum atomic E-state index is 12.4. The van der Waals surface area contributed by atoms with Crippen LogP contribution in [0.5, 0.6) is 0 Å². The first kappa shape index (κ1) is 27.0. The lowest BCUT2D eigenvalue weighted by Crippen LogP contribution is -2.52. The van der Waals surface area contributed by atoms with E-state index in [-0.39, 0.29) is 19.3 Å². The molecule has 0 heterocycles. The number of carbonyl (C=O) groups is 5. The van der Waals surface area contributed by atoms with Crippen LogP contribution in [0.1, 0.15) is 24.0 Å². The Morgan fingerprint density at radius 1 is 0.686 bits per heavy atom. The lowest BCUT2D eigenvalue weighted by molar-refractivity contribution is -0.144. The van der Waals surface area contributed by atoms with E-state index in [1.54, 1.807) is 60.7 Å². The average Bonchev–Trinajstić information content (AvgIpc) is 2.83. The largest absolute Gasteiger partial charge is 0.481 e. The molecule has 0 aliphatic heterocycles. The van der Waals surface area contributed by atoms with Crippen molar-refractivity contribution in [2.75, 3.05) is 0 Å². The first-order chi connectivity index (χ1) is 16.7. The highest BCUT2D eigenvalue weighted by atomic mass is 16.4.